The van der Waals surface area contributed by atoms with Crippen LogP contribution in [0.2, 0.25) is 0 Å². The number of hydrazone groups is 1. The van der Waals surface area contributed by atoms with E-state index in [1.807, 2.05) is 6.92 Å². The number of amides is 4. The lowest BCUT2D eigenvalue weighted by molar-refractivity contribution is -0.154. The van der Waals surface area contributed by atoms with E-state index in [0.717, 1.165) is 35.1 Å². The van der Waals surface area contributed by atoms with Crippen molar-refractivity contribution >= 4 is 57.4 Å². The molecule has 0 aliphatic rings. The minimum Gasteiger partial charge on any atom is -0.507 e. The second-order valence-electron chi connectivity index (χ2n) is 12.2. The number of phenols is 1. The van der Waals surface area contributed by atoms with E-state index in [4.69, 9.17) is 9.47 Å². The van der Waals surface area contributed by atoms with E-state index < -0.39 is 56.9 Å². The molecule has 0 bridgehead atoms. The predicted molar refractivity (Wildman–Crippen MR) is 194 cm³/mol. The Kier molecular flexibility index (Phi) is 15.3. The summed E-state index contributed by atoms with van der Waals surface area (Å²) in [5, 5.41) is 30.7. The van der Waals surface area contributed by atoms with E-state index >= 15 is 0 Å². The Morgan fingerprint density at radius 3 is 2.38 bits per heavy atom. The van der Waals surface area contributed by atoms with Gasteiger partial charge in [0.15, 0.2) is 6.61 Å². The first-order valence-corrected chi connectivity index (χ1v) is 18.5. The number of nitrogens with one attached hydrogen (secondary N) is 5. The summed E-state index contributed by atoms with van der Waals surface area (Å²) >= 11 is 0.964. The lowest BCUT2D eigenvalue weighted by Gasteiger charge is -2.21. The molecule has 0 saturated heterocycles. The van der Waals surface area contributed by atoms with Crippen LogP contribution in [0.3, 0.4) is 0 Å². The Balaban J connectivity index is 1.55. The Morgan fingerprint density at radius 2 is 1.72 bits per heavy atom. The van der Waals surface area contributed by atoms with Gasteiger partial charge in [0.2, 0.25) is 10.0 Å². The van der Waals surface area contributed by atoms with Crippen LogP contribution in [0.1, 0.15) is 64.6 Å². The highest BCUT2D eigenvalue weighted by atomic mass is 32.2. The number of thiophene rings is 1. The zero-order valence-corrected chi connectivity index (χ0v) is 31.1. The number of benzene rings is 2. The zero-order chi connectivity index (χ0) is 39.2. The monoisotopic (exact) mass is 774 g/mol. The van der Waals surface area contributed by atoms with Gasteiger partial charge < -0.3 is 35.6 Å². The summed E-state index contributed by atoms with van der Waals surface area (Å²) in [7, 11) is -4.18. The highest BCUT2D eigenvalue weighted by Gasteiger charge is 2.23. The van der Waals surface area contributed by atoms with Crippen LogP contribution in [0.15, 0.2) is 64.6 Å². The minimum atomic E-state index is -4.18. The molecular formula is C34H42N6O11S2. The number of likely N-dealkylation sites (N-methyl/N-ethyl adjacent to an activating group) is 1. The summed E-state index contributed by atoms with van der Waals surface area (Å²) in [5.74, 6) is -3.03. The average molecular weight is 775 g/mol. The molecule has 286 valence electrons. The molecule has 19 heteroatoms. The van der Waals surface area contributed by atoms with Crippen LogP contribution >= 0.6 is 11.3 Å². The number of sulfonamides is 1. The fourth-order valence-corrected chi connectivity index (χ4v) is 6.31. The van der Waals surface area contributed by atoms with Crippen LogP contribution in [0.25, 0.3) is 0 Å². The van der Waals surface area contributed by atoms with E-state index in [0.29, 0.717) is 23.6 Å². The quantitative estimate of drug-likeness (QED) is 0.0562. The van der Waals surface area contributed by atoms with Gasteiger partial charge in [0, 0.05) is 30.7 Å². The molecule has 0 aliphatic heterocycles. The molecule has 7 N–H and O–H groups in total. The molecule has 4 amide bonds. The Bertz CT molecular complexity index is 1910. The molecule has 0 spiro atoms. The van der Waals surface area contributed by atoms with E-state index in [-0.39, 0.29) is 41.8 Å². The first kappa shape index (κ1) is 41.9. The van der Waals surface area contributed by atoms with Crippen LogP contribution in [-0.2, 0) is 37.3 Å². The third kappa shape index (κ3) is 14.6. The van der Waals surface area contributed by atoms with E-state index in [1.165, 1.54) is 18.3 Å². The maximum atomic E-state index is 13.1. The van der Waals surface area contributed by atoms with Gasteiger partial charge in [-0.1, -0.05) is 12.1 Å². The van der Waals surface area contributed by atoms with Crippen LogP contribution in [0.5, 0.6) is 11.5 Å². The molecule has 17 nitrogen and oxygen atoms in total. The van der Waals surface area contributed by atoms with Crippen molar-refractivity contribution in [1.29, 1.82) is 0 Å². The SMILES string of the molecule is CCNC(=O)COc1ccc(CCNC(=O)N/N=C/[C@H](CC(=O)OC(C)(C)C)NC(=O)c2ccc(CNS(=O)(=O)c3ccc(O)c(C(=O)O)c3)s2)cc1. The number of carbonyl (C=O) groups is 5. The molecule has 0 saturated carbocycles. The summed E-state index contributed by atoms with van der Waals surface area (Å²) in [6.45, 7) is 7.31. The first-order valence-electron chi connectivity index (χ1n) is 16.2. The van der Waals surface area contributed by atoms with E-state index in [2.05, 4.69) is 31.2 Å². The molecular weight excluding hydrogens is 733 g/mol. The Hall–Kier alpha value is -5.53. The van der Waals surface area contributed by atoms with Crippen molar-refractivity contribution in [2.24, 2.45) is 5.10 Å². The van der Waals surface area contributed by atoms with Gasteiger partial charge in [0.1, 0.15) is 22.7 Å². The molecule has 3 rings (SSSR count). The molecule has 2 aromatic carbocycles. The van der Waals surface area contributed by atoms with Crippen LogP contribution < -0.4 is 30.8 Å². The van der Waals surface area contributed by atoms with Crippen LogP contribution in [0, 0.1) is 0 Å². The standard InChI is InChI=1S/C34H42N6O11S2/c1-5-35-29(42)20-50-23-8-6-21(7-9-23)14-15-36-33(47)40-37-18-22(16-30(43)51-34(2,3)4)39-31(44)28-13-10-24(52-28)19-38-53(48,49)25-11-12-27(41)26(17-25)32(45)46/h6-13,17-18,22,38,41H,5,14-16,19-20H2,1-4H3,(H,35,42)(H,39,44)(H,45,46)(H2,36,40,47)/b37-18+/t22-/m0/s1. The van der Waals surface area contributed by atoms with Gasteiger partial charge in [-0.3, -0.25) is 14.4 Å². The maximum absolute atomic E-state index is 13.1. The van der Waals surface area contributed by atoms with Gasteiger partial charge in [0.25, 0.3) is 11.8 Å². The van der Waals surface area contributed by atoms with Gasteiger partial charge in [-0.15, -0.1) is 11.3 Å². The van der Waals surface area contributed by atoms with Crippen LogP contribution in [-0.4, -0.2) is 86.0 Å². The van der Waals surface area contributed by atoms with Gasteiger partial charge in [-0.05, 0) is 82.1 Å². The average Bonchev–Trinajstić information content (AvgIpc) is 3.56. The summed E-state index contributed by atoms with van der Waals surface area (Å²) in [5.41, 5.74) is 1.81. The van der Waals surface area contributed by atoms with E-state index in [1.54, 1.807) is 45.0 Å². The Morgan fingerprint density at radius 1 is 1.00 bits per heavy atom. The fourth-order valence-electron chi connectivity index (χ4n) is 4.34. The number of aromatic hydroxyl groups is 1. The number of hydrogen-bond donors (Lipinski definition) is 7. The van der Waals surface area contributed by atoms with Crippen molar-refractivity contribution < 1.29 is 52.1 Å². The van der Waals surface area contributed by atoms with Gasteiger partial charge in [-0.2, -0.15) is 5.10 Å². The van der Waals surface area contributed by atoms with Crippen molar-refractivity contribution in [2.75, 3.05) is 19.7 Å². The maximum Gasteiger partial charge on any atom is 0.339 e. The van der Waals surface area contributed by atoms with Gasteiger partial charge in [0.05, 0.1) is 22.2 Å². The number of ether oxygens (including phenoxy) is 2. The summed E-state index contributed by atoms with van der Waals surface area (Å²) < 4.78 is 38.6. The minimum absolute atomic E-state index is 0.0943. The number of aromatic carboxylic acids is 1. The number of carbonyl (C=O) groups excluding carboxylic acids is 4. The molecule has 0 unspecified atom stereocenters. The zero-order valence-electron chi connectivity index (χ0n) is 29.4. The first-order chi connectivity index (χ1) is 25.0. The lowest BCUT2D eigenvalue weighted by atomic mass is 10.1. The fraction of sp³-hybridized carbons (Fsp3) is 0.353. The molecule has 3 aromatic rings. The van der Waals surface area contributed by atoms with Crippen LogP contribution in [0.4, 0.5) is 4.79 Å². The second-order valence-corrected chi connectivity index (χ2v) is 15.2. The molecule has 1 aromatic heterocycles. The number of carboxylic acids is 1. The molecule has 0 radical (unpaired) electrons. The second kappa shape index (κ2) is 19.3. The number of hydrogen-bond acceptors (Lipinski definition) is 12. The lowest BCUT2D eigenvalue weighted by Crippen LogP contribution is -2.40. The number of rotatable bonds is 18. The molecule has 0 aliphatic carbocycles. The molecule has 53 heavy (non-hydrogen) atoms. The molecule has 0 fully saturated rings. The van der Waals surface area contributed by atoms with Crippen molar-refractivity contribution in [3.05, 3.63) is 75.5 Å². The van der Waals surface area contributed by atoms with Gasteiger partial charge in [-0.25, -0.2) is 28.2 Å². The largest absolute Gasteiger partial charge is 0.507 e. The number of carboxylic acid groups (broad SMARTS) is 1. The molecule has 1 atom stereocenters. The Labute approximate surface area is 310 Å². The number of esters is 1. The van der Waals surface area contributed by atoms with Crippen molar-refractivity contribution in [3.63, 3.8) is 0 Å². The number of nitrogens with zero attached hydrogens (tertiary/aromatic N) is 1. The highest BCUT2D eigenvalue weighted by Crippen LogP contribution is 2.23. The number of urea groups is 1. The highest BCUT2D eigenvalue weighted by molar-refractivity contribution is 7.89. The van der Waals surface area contributed by atoms with Crippen molar-refractivity contribution in [1.82, 2.24) is 26.1 Å². The molecule has 1 heterocycles. The summed E-state index contributed by atoms with van der Waals surface area (Å²) in [6, 6.07) is 11.2. The summed E-state index contributed by atoms with van der Waals surface area (Å²) in [6.07, 6.45) is 1.34. The van der Waals surface area contributed by atoms with Gasteiger partial charge >= 0.3 is 18.0 Å². The third-order valence-corrected chi connectivity index (χ3v) is 9.22. The topological polar surface area (TPSA) is 251 Å². The summed E-state index contributed by atoms with van der Waals surface area (Å²) in [4.78, 5) is 61.1. The van der Waals surface area contributed by atoms with Crippen molar-refractivity contribution in [3.8, 4) is 11.5 Å². The smallest absolute Gasteiger partial charge is 0.339 e. The third-order valence-electron chi connectivity index (χ3n) is 6.74. The van der Waals surface area contributed by atoms with E-state index in [9.17, 15) is 42.6 Å². The normalized spacial score (nSPS) is 12.1. The predicted octanol–water partition coefficient (Wildman–Crippen LogP) is 2.50. The van der Waals surface area contributed by atoms with Crippen molar-refractivity contribution in [2.45, 2.75) is 63.6 Å².